The second-order valence-electron chi connectivity index (χ2n) is 7.73. The fourth-order valence-electron chi connectivity index (χ4n) is 4.05. The van der Waals surface area contributed by atoms with Gasteiger partial charge in [-0.2, -0.15) is 0 Å². The minimum atomic E-state index is -1.80. The van der Waals surface area contributed by atoms with Crippen LogP contribution in [0.1, 0.15) is 57.8 Å². The average Bonchev–Trinajstić information content (AvgIpc) is 3.12. The lowest BCUT2D eigenvalue weighted by Gasteiger charge is -2.41. The van der Waals surface area contributed by atoms with Crippen molar-refractivity contribution in [2.75, 3.05) is 19.8 Å². The van der Waals surface area contributed by atoms with E-state index < -0.39 is 40.8 Å². The van der Waals surface area contributed by atoms with Crippen molar-refractivity contribution in [2.24, 2.45) is 5.41 Å². The molecule has 1 saturated heterocycles. The number of likely N-dealkylation sites (tertiary alicyclic amines) is 1. The van der Waals surface area contributed by atoms with Gasteiger partial charge in [-0.15, -0.1) is 0 Å². The summed E-state index contributed by atoms with van der Waals surface area (Å²) in [5.74, 6) is -2.65. The van der Waals surface area contributed by atoms with E-state index >= 15 is 0 Å². The van der Waals surface area contributed by atoms with E-state index in [-0.39, 0.29) is 32.7 Å². The van der Waals surface area contributed by atoms with Crippen LogP contribution in [0, 0.1) is 5.41 Å². The van der Waals surface area contributed by atoms with Crippen LogP contribution in [0.2, 0.25) is 0 Å². The molecule has 0 aromatic heterocycles. The molecule has 31 heavy (non-hydrogen) atoms. The third-order valence-corrected chi connectivity index (χ3v) is 5.77. The van der Waals surface area contributed by atoms with Crippen LogP contribution in [0.3, 0.4) is 0 Å². The summed E-state index contributed by atoms with van der Waals surface area (Å²) in [6.07, 6.45) is 0.450. The molecule has 1 aliphatic rings. The topological polar surface area (TPSA) is 99.2 Å². The van der Waals surface area contributed by atoms with Crippen LogP contribution in [0.15, 0.2) is 30.3 Å². The van der Waals surface area contributed by atoms with E-state index in [1.54, 1.807) is 58.0 Å². The van der Waals surface area contributed by atoms with E-state index in [1.807, 2.05) is 0 Å². The predicted molar refractivity (Wildman–Crippen MR) is 112 cm³/mol. The second-order valence-corrected chi connectivity index (χ2v) is 7.73. The largest absolute Gasteiger partial charge is 0.465 e. The van der Waals surface area contributed by atoms with Crippen LogP contribution < -0.4 is 0 Å². The number of nitrogens with zero attached hydrogens (tertiary/aromatic N) is 1. The Balaban J connectivity index is 2.63. The molecule has 170 valence electrons. The molecule has 0 aliphatic carbocycles. The lowest BCUT2D eigenvalue weighted by molar-refractivity contribution is -0.177. The monoisotopic (exact) mass is 433 g/mol. The van der Waals surface area contributed by atoms with Crippen LogP contribution >= 0.6 is 0 Å². The highest BCUT2D eigenvalue weighted by atomic mass is 16.6. The molecule has 1 aromatic rings. The summed E-state index contributed by atoms with van der Waals surface area (Å²) in [6, 6.07) is 7.47. The summed E-state index contributed by atoms with van der Waals surface area (Å²) >= 11 is 0. The van der Waals surface area contributed by atoms with E-state index in [0.717, 1.165) is 0 Å². The second kappa shape index (κ2) is 9.94. The van der Waals surface area contributed by atoms with Gasteiger partial charge in [0.15, 0.2) is 5.41 Å². The minimum Gasteiger partial charge on any atom is -0.465 e. The van der Waals surface area contributed by atoms with Crippen molar-refractivity contribution in [3.8, 4) is 0 Å². The smallest absolute Gasteiger partial charge is 0.331 e. The molecule has 2 rings (SSSR count). The first-order chi connectivity index (χ1) is 14.7. The third kappa shape index (κ3) is 4.43. The van der Waals surface area contributed by atoms with Gasteiger partial charge in [0.05, 0.1) is 25.9 Å². The summed E-state index contributed by atoms with van der Waals surface area (Å²) in [7, 11) is 0. The fraction of sp³-hybridized carbons (Fsp3) is 0.565. The van der Waals surface area contributed by atoms with Gasteiger partial charge in [0.2, 0.25) is 0 Å². The zero-order valence-electron chi connectivity index (χ0n) is 18.8. The maximum Gasteiger partial charge on any atom is 0.331 e. The number of amides is 1. The highest BCUT2D eigenvalue weighted by molar-refractivity contribution is 6.04. The van der Waals surface area contributed by atoms with Gasteiger partial charge >= 0.3 is 17.9 Å². The number of esters is 3. The van der Waals surface area contributed by atoms with E-state index in [4.69, 9.17) is 14.2 Å². The maximum atomic E-state index is 13.6. The van der Waals surface area contributed by atoms with Crippen molar-refractivity contribution >= 4 is 23.8 Å². The van der Waals surface area contributed by atoms with Crippen LogP contribution in [-0.4, -0.2) is 60.1 Å². The number of hydrogen-bond donors (Lipinski definition) is 0. The van der Waals surface area contributed by atoms with E-state index in [1.165, 1.54) is 11.8 Å². The van der Waals surface area contributed by atoms with Crippen molar-refractivity contribution in [1.29, 1.82) is 0 Å². The van der Waals surface area contributed by atoms with Gasteiger partial charge in [-0.05, 0) is 59.6 Å². The molecule has 0 radical (unpaired) electrons. The molecular weight excluding hydrogens is 402 g/mol. The molecule has 0 unspecified atom stereocenters. The highest BCUT2D eigenvalue weighted by Gasteiger charge is 2.62. The third-order valence-electron chi connectivity index (χ3n) is 5.77. The molecule has 2 atom stereocenters. The van der Waals surface area contributed by atoms with Gasteiger partial charge in [-0.25, -0.2) is 4.79 Å². The Kier molecular flexibility index (Phi) is 7.81. The number of ether oxygens (including phenoxy) is 3. The molecule has 0 N–H and O–H groups in total. The molecule has 0 bridgehead atoms. The number of carbonyl (C=O) groups is 4. The lowest BCUT2D eigenvalue weighted by Crippen LogP contribution is -2.61. The quantitative estimate of drug-likeness (QED) is 0.353. The molecule has 1 amide bonds. The Morgan fingerprint density at radius 1 is 0.968 bits per heavy atom. The summed E-state index contributed by atoms with van der Waals surface area (Å²) < 4.78 is 15.7. The maximum absolute atomic E-state index is 13.6. The SMILES string of the molecule is CCOC(=O)C(C)(C(=O)OCC)[C@@H]1CC[C@@](C)(C(=O)OCC)N1C(=O)c1ccccc1. The Morgan fingerprint density at radius 2 is 1.48 bits per heavy atom. The van der Waals surface area contributed by atoms with Gasteiger partial charge in [0, 0.05) is 5.56 Å². The zero-order valence-corrected chi connectivity index (χ0v) is 18.8. The van der Waals surface area contributed by atoms with Gasteiger partial charge in [-0.1, -0.05) is 18.2 Å². The van der Waals surface area contributed by atoms with Crippen molar-refractivity contribution in [3.63, 3.8) is 0 Å². The highest BCUT2D eigenvalue weighted by Crippen LogP contribution is 2.45. The normalized spacial score (nSPS) is 20.8. The van der Waals surface area contributed by atoms with Crippen molar-refractivity contribution in [3.05, 3.63) is 35.9 Å². The molecule has 1 heterocycles. The van der Waals surface area contributed by atoms with Gasteiger partial charge in [0.25, 0.3) is 5.91 Å². The summed E-state index contributed by atoms with van der Waals surface area (Å²) in [5, 5.41) is 0. The summed E-state index contributed by atoms with van der Waals surface area (Å²) in [5.41, 5.74) is -2.82. The van der Waals surface area contributed by atoms with E-state index in [2.05, 4.69) is 0 Å². The first kappa shape index (κ1) is 24.4. The van der Waals surface area contributed by atoms with Crippen LogP contribution in [0.25, 0.3) is 0 Å². The zero-order chi connectivity index (χ0) is 23.2. The average molecular weight is 434 g/mol. The molecule has 8 nitrogen and oxygen atoms in total. The first-order valence-electron chi connectivity index (χ1n) is 10.6. The fourth-order valence-corrected chi connectivity index (χ4v) is 4.05. The molecule has 1 aliphatic heterocycles. The summed E-state index contributed by atoms with van der Waals surface area (Å²) in [6.45, 7) is 8.21. The molecule has 1 fully saturated rings. The molecule has 0 spiro atoms. The molecular formula is C23H31NO7. The Bertz CT molecular complexity index is 804. The van der Waals surface area contributed by atoms with Gasteiger partial charge in [-0.3, -0.25) is 14.4 Å². The van der Waals surface area contributed by atoms with Crippen LogP contribution in [-0.2, 0) is 28.6 Å². The Labute approximate surface area is 182 Å². The van der Waals surface area contributed by atoms with Gasteiger partial charge in [0.1, 0.15) is 5.54 Å². The standard InChI is InChI=1S/C23H31NO7/c1-6-29-19(26)22(4)15-14-17(24(22)18(25)16-12-10-9-11-13-16)23(5,20(27)30-7-2)21(28)31-8-3/h9-13,17H,6-8,14-15H2,1-5H3/t17-,22-/m0/s1. The lowest BCUT2D eigenvalue weighted by atomic mass is 9.80. The predicted octanol–water partition coefficient (Wildman–Crippen LogP) is 2.75. The molecule has 8 heteroatoms. The Hall–Kier alpha value is -2.90. The first-order valence-corrected chi connectivity index (χ1v) is 10.6. The number of benzene rings is 1. The van der Waals surface area contributed by atoms with Crippen LogP contribution in [0.4, 0.5) is 0 Å². The van der Waals surface area contributed by atoms with Gasteiger partial charge < -0.3 is 19.1 Å². The van der Waals surface area contributed by atoms with Crippen molar-refractivity contribution in [1.82, 2.24) is 4.90 Å². The minimum absolute atomic E-state index is 0.0579. The molecule has 1 aromatic carbocycles. The number of rotatable bonds is 8. The van der Waals surface area contributed by atoms with Crippen LogP contribution in [0.5, 0.6) is 0 Å². The molecule has 0 saturated carbocycles. The van der Waals surface area contributed by atoms with E-state index in [0.29, 0.717) is 5.56 Å². The Morgan fingerprint density at radius 3 is 1.97 bits per heavy atom. The van der Waals surface area contributed by atoms with Crippen molar-refractivity contribution in [2.45, 2.75) is 59.0 Å². The number of carbonyl (C=O) groups excluding carboxylic acids is 4. The summed E-state index contributed by atoms with van der Waals surface area (Å²) in [4.78, 5) is 53.9. The van der Waals surface area contributed by atoms with E-state index in [9.17, 15) is 19.2 Å². The number of hydrogen-bond acceptors (Lipinski definition) is 7. The van der Waals surface area contributed by atoms with Crippen molar-refractivity contribution < 1.29 is 33.4 Å².